The van der Waals surface area contributed by atoms with Crippen LogP contribution in [0.4, 0.5) is 10.5 Å². The molecule has 2 aromatic carbocycles. The quantitative estimate of drug-likeness (QED) is 0.579. The van der Waals surface area contributed by atoms with Crippen LogP contribution in [0, 0.1) is 5.92 Å². The number of methoxy groups -OCH3 is 1. The predicted octanol–water partition coefficient (Wildman–Crippen LogP) is 2.99. The summed E-state index contributed by atoms with van der Waals surface area (Å²) in [4.78, 5) is 43.3. The van der Waals surface area contributed by atoms with Crippen LogP contribution in [0.25, 0.3) is 0 Å². The first-order valence-corrected chi connectivity index (χ1v) is 9.45. The molecule has 0 bridgehead atoms. The molecule has 29 heavy (non-hydrogen) atoms. The normalized spacial score (nSPS) is 17.3. The van der Waals surface area contributed by atoms with Crippen LogP contribution in [-0.2, 0) is 16.0 Å². The second-order valence-corrected chi connectivity index (χ2v) is 6.56. The number of nitrogens with zero attached hydrogens (tertiary/aromatic N) is 2. The number of aliphatic imine (C=N–C) groups is 1. The zero-order valence-corrected chi connectivity index (χ0v) is 16.4. The Bertz CT molecular complexity index is 923. The molecule has 3 rings (SSSR count). The molecule has 1 N–H and O–H groups in total. The standard InChI is InChI=1S/C22H23N3O4/c1-3-18(23-14-13-15-7-5-4-6-8-15)19-20(26)24-22(28)25(21(19)27)16-9-11-17(29-2)12-10-16/h4-12,19H,3,13-14H2,1-2H3,(H,24,26,28). The van der Waals surface area contributed by atoms with Crippen molar-refractivity contribution < 1.29 is 19.1 Å². The first-order valence-electron chi connectivity index (χ1n) is 9.45. The molecule has 1 fully saturated rings. The third kappa shape index (κ3) is 4.51. The molecule has 0 saturated carbocycles. The topological polar surface area (TPSA) is 88.1 Å². The van der Waals surface area contributed by atoms with Gasteiger partial charge in [0.25, 0.3) is 5.91 Å². The number of hydrogen-bond acceptors (Lipinski definition) is 5. The molecule has 150 valence electrons. The number of carbonyl (C=O) groups excluding carboxylic acids is 3. The summed E-state index contributed by atoms with van der Waals surface area (Å²) in [5, 5.41) is 2.28. The van der Waals surface area contributed by atoms with Crippen LogP contribution in [0.3, 0.4) is 0 Å². The lowest BCUT2D eigenvalue weighted by atomic mass is 9.96. The van der Waals surface area contributed by atoms with Gasteiger partial charge in [0.1, 0.15) is 5.75 Å². The average Bonchev–Trinajstić information content (AvgIpc) is 2.73. The maximum Gasteiger partial charge on any atom is 0.335 e. The van der Waals surface area contributed by atoms with Gasteiger partial charge in [-0.05, 0) is 42.7 Å². The van der Waals surface area contributed by atoms with E-state index in [4.69, 9.17) is 4.74 Å². The van der Waals surface area contributed by atoms with Crippen molar-refractivity contribution in [3.8, 4) is 5.75 Å². The summed E-state index contributed by atoms with van der Waals surface area (Å²) in [5.74, 6) is -1.74. The minimum Gasteiger partial charge on any atom is -0.497 e. The summed E-state index contributed by atoms with van der Waals surface area (Å²) in [6, 6.07) is 15.6. The van der Waals surface area contributed by atoms with Crippen LogP contribution in [0.5, 0.6) is 5.75 Å². The Hall–Kier alpha value is -3.48. The number of rotatable bonds is 7. The molecule has 1 unspecified atom stereocenters. The van der Waals surface area contributed by atoms with E-state index in [0.29, 0.717) is 36.5 Å². The van der Waals surface area contributed by atoms with Gasteiger partial charge in [0, 0.05) is 12.3 Å². The van der Waals surface area contributed by atoms with Crippen LogP contribution in [-0.4, -0.2) is 37.2 Å². The van der Waals surface area contributed by atoms with Gasteiger partial charge in [-0.15, -0.1) is 0 Å². The first kappa shape index (κ1) is 20.3. The van der Waals surface area contributed by atoms with Crippen molar-refractivity contribution in [2.75, 3.05) is 18.6 Å². The van der Waals surface area contributed by atoms with Gasteiger partial charge in [-0.2, -0.15) is 0 Å². The number of imide groups is 2. The number of benzene rings is 2. The molecule has 7 heteroatoms. The Balaban J connectivity index is 1.81. The Kier molecular flexibility index (Phi) is 6.39. The van der Waals surface area contributed by atoms with Gasteiger partial charge >= 0.3 is 6.03 Å². The maximum absolute atomic E-state index is 13.1. The number of anilines is 1. The number of amides is 4. The van der Waals surface area contributed by atoms with Gasteiger partial charge < -0.3 is 4.74 Å². The molecule has 0 aliphatic carbocycles. The van der Waals surface area contributed by atoms with Crippen molar-refractivity contribution in [2.45, 2.75) is 19.8 Å². The summed E-state index contributed by atoms with van der Waals surface area (Å²) in [5.41, 5.74) is 1.96. The van der Waals surface area contributed by atoms with E-state index < -0.39 is 23.8 Å². The van der Waals surface area contributed by atoms with E-state index in [9.17, 15) is 14.4 Å². The molecule has 0 spiro atoms. The fourth-order valence-corrected chi connectivity index (χ4v) is 3.22. The van der Waals surface area contributed by atoms with E-state index in [1.807, 2.05) is 37.3 Å². The van der Waals surface area contributed by atoms with Crippen molar-refractivity contribution in [3.05, 3.63) is 60.2 Å². The van der Waals surface area contributed by atoms with Crippen LogP contribution in [0.1, 0.15) is 18.9 Å². The molecule has 0 aromatic heterocycles. The van der Waals surface area contributed by atoms with E-state index in [1.165, 1.54) is 7.11 Å². The fourth-order valence-electron chi connectivity index (χ4n) is 3.22. The number of urea groups is 1. The van der Waals surface area contributed by atoms with Crippen molar-refractivity contribution >= 4 is 29.2 Å². The molecule has 2 aromatic rings. The number of barbiturate groups is 1. The van der Waals surface area contributed by atoms with Crippen molar-refractivity contribution in [2.24, 2.45) is 10.9 Å². The summed E-state index contributed by atoms with van der Waals surface area (Å²) < 4.78 is 5.11. The van der Waals surface area contributed by atoms with Gasteiger partial charge in [0.05, 0.1) is 12.8 Å². The highest BCUT2D eigenvalue weighted by molar-refractivity contribution is 6.35. The predicted molar refractivity (Wildman–Crippen MR) is 110 cm³/mol. The Morgan fingerprint density at radius 1 is 1.07 bits per heavy atom. The zero-order valence-electron chi connectivity index (χ0n) is 16.4. The summed E-state index contributed by atoms with van der Waals surface area (Å²) in [6.45, 7) is 2.30. The van der Waals surface area contributed by atoms with Crippen molar-refractivity contribution in [1.29, 1.82) is 0 Å². The van der Waals surface area contributed by atoms with Crippen LogP contribution >= 0.6 is 0 Å². The minimum absolute atomic E-state index is 0.366. The average molecular weight is 393 g/mol. The minimum atomic E-state index is -1.12. The van der Waals surface area contributed by atoms with E-state index in [2.05, 4.69) is 10.3 Å². The highest BCUT2D eigenvalue weighted by Gasteiger charge is 2.43. The van der Waals surface area contributed by atoms with Gasteiger partial charge in [-0.25, -0.2) is 9.69 Å². The molecular weight excluding hydrogens is 370 g/mol. The van der Waals surface area contributed by atoms with Crippen molar-refractivity contribution in [1.82, 2.24) is 5.32 Å². The molecular formula is C22H23N3O4. The number of nitrogens with one attached hydrogen (secondary N) is 1. The highest BCUT2D eigenvalue weighted by Crippen LogP contribution is 2.24. The van der Waals surface area contributed by atoms with Crippen LogP contribution < -0.4 is 15.0 Å². The fraction of sp³-hybridized carbons (Fsp3) is 0.273. The van der Waals surface area contributed by atoms with Crippen LogP contribution in [0.15, 0.2) is 59.6 Å². The van der Waals surface area contributed by atoms with E-state index in [0.717, 1.165) is 10.5 Å². The van der Waals surface area contributed by atoms with E-state index in [-0.39, 0.29) is 0 Å². The molecule has 7 nitrogen and oxygen atoms in total. The largest absolute Gasteiger partial charge is 0.497 e. The Labute approximate surface area is 169 Å². The first-order chi connectivity index (χ1) is 14.0. The molecule has 0 radical (unpaired) electrons. The Morgan fingerprint density at radius 2 is 1.76 bits per heavy atom. The number of carbonyl (C=O) groups is 3. The third-order valence-corrected chi connectivity index (χ3v) is 4.75. The maximum atomic E-state index is 13.1. The smallest absolute Gasteiger partial charge is 0.335 e. The van der Waals surface area contributed by atoms with Gasteiger partial charge in [0.2, 0.25) is 5.91 Å². The lowest BCUT2D eigenvalue weighted by molar-refractivity contribution is -0.131. The summed E-state index contributed by atoms with van der Waals surface area (Å²) in [6.07, 6.45) is 1.14. The third-order valence-electron chi connectivity index (χ3n) is 4.75. The summed E-state index contributed by atoms with van der Waals surface area (Å²) in [7, 11) is 1.53. The molecule has 1 atom stereocenters. The number of hydrogen-bond donors (Lipinski definition) is 1. The van der Waals surface area contributed by atoms with Gasteiger partial charge in [-0.3, -0.25) is 19.9 Å². The second kappa shape index (κ2) is 9.14. The molecule has 1 aliphatic rings. The lowest BCUT2D eigenvalue weighted by Gasteiger charge is -2.30. The Morgan fingerprint density at radius 3 is 2.38 bits per heavy atom. The SMILES string of the molecule is CCC(=NCCc1ccccc1)C1C(=O)NC(=O)N(c2ccc(OC)cc2)C1=O. The van der Waals surface area contributed by atoms with Gasteiger partial charge in [-0.1, -0.05) is 37.3 Å². The monoisotopic (exact) mass is 393 g/mol. The lowest BCUT2D eigenvalue weighted by Crippen LogP contribution is -2.60. The summed E-state index contributed by atoms with van der Waals surface area (Å²) >= 11 is 0. The molecule has 4 amide bonds. The molecule has 1 saturated heterocycles. The van der Waals surface area contributed by atoms with Crippen LogP contribution in [0.2, 0.25) is 0 Å². The van der Waals surface area contributed by atoms with Gasteiger partial charge in [0.15, 0.2) is 5.92 Å². The van der Waals surface area contributed by atoms with E-state index >= 15 is 0 Å². The van der Waals surface area contributed by atoms with E-state index in [1.54, 1.807) is 24.3 Å². The van der Waals surface area contributed by atoms with Crippen molar-refractivity contribution in [3.63, 3.8) is 0 Å². The molecule has 1 aliphatic heterocycles. The highest BCUT2D eigenvalue weighted by atomic mass is 16.5. The molecule has 1 heterocycles. The number of ether oxygens (including phenoxy) is 1. The second-order valence-electron chi connectivity index (χ2n) is 6.56. The zero-order chi connectivity index (χ0) is 20.8.